The summed E-state index contributed by atoms with van der Waals surface area (Å²) in [6.07, 6.45) is 2.68. The molecule has 1 unspecified atom stereocenters. The van der Waals surface area contributed by atoms with Gasteiger partial charge in [0.25, 0.3) is 0 Å². The highest BCUT2D eigenvalue weighted by atomic mass is 79.9. The SMILES string of the molecule is CSCCC(NC(C)=O)C(=O)CBr. The van der Waals surface area contributed by atoms with Gasteiger partial charge in [-0.2, -0.15) is 11.8 Å². The lowest BCUT2D eigenvalue weighted by Gasteiger charge is -2.14. The number of rotatable bonds is 6. The predicted octanol–water partition coefficient (Wildman–Crippen LogP) is 1.21. The molecule has 0 rings (SSSR count). The molecule has 0 aliphatic heterocycles. The molecule has 0 heterocycles. The highest BCUT2D eigenvalue weighted by Gasteiger charge is 2.16. The molecule has 76 valence electrons. The summed E-state index contributed by atoms with van der Waals surface area (Å²) >= 11 is 4.76. The zero-order valence-corrected chi connectivity index (χ0v) is 10.2. The Labute approximate surface area is 91.2 Å². The van der Waals surface area contributed by atoms with Gasteiger partial charge >= 0.3 is 0 Å². The third-order valence-corrected chi connectivity index (χ3v) is 2.71. The first-order chi connectivity index (χ1) is 6.11. The Morgan fingerprint density at radius 1 is 1.54 bits per heavy atom. The van der Waals surface area contributed by atoms with Crippen molar-refractivity contribution in [2.75, 3.05) is 17.3 Å². The van der Waals surface area contributed by atoms with E-state index in [0.29, 0.717) is 11.8 Å². The molecule has 0 saturated heterocycles. The van der Waals surface area contributed by atoms with Gasteiger partial charge < -0.3 is 5.32 Å². The van der Waals surface area contributed by atoms with Crippen molar-refractivity contribution in [1.29, 1.82) is 0 Å². The molecule has 0 aliphatic carbocycles. The van der Waals surface area contributed by atoms with Gasteiger partial charge in [0.1, 0.15) is 0 Å². The van der Waals surface area contributed by atoms with Crippen LogP contribution in [-0.4, -0.2) is 35.1 Å². The maximum absolute atomic E-state index is 11.3. The van der Waals surface area contributed by atoms with E-state index in [-0.39, 0.29) is 17.7 Å². The number of thioether (sulfide) groups is 1. The number of amides is 1. The van der Waals surface area contributed by atoms with Crippen molar-refractivity contribution in [2.45, 2.75) is 19.4 Å². The minimum atomic E-state index is -0.329. The number of nitrogens with one attached hydrogen (secondary N) is 1. The molecule has 5 heteroatoms. The van der Waals surface area contributed by atoms with Crippen molar-refractivity contribution in [1.82, 2.24) is 5.32 Å². The normalized spacial score (nSPS) is 12.2. The molecule has 0 aromatic heterocycles. The van der Waals surface area contributed by atoms with Crippen LogP contribution in [0.15, 0.2) is 0 Å². The number of ketones is 1. The maximum Gasteiger partial charge on any atom is 0.217 e. The molecule has 0 aromatic rings. The van der Waals surface area contributed by atoms with Crippen LogP contribution in [0.1, 0.15) is 13.3 Å². The number of halogens is 1. The minimum absolute atomic E-state index is 0.0317. The second-order valence-electron chi connectivity index (χ2n) is 2.63. The van der Waals surface area contributed by atoms with Crippen LogP contribution < -0.4 is 5.32 Å². The van der Waals surface area contributed by atoms with Crippen molar-refractivity contribution < 1.29 is 9.59 Å². The van der Waals surface area contributed by atoms with Gasteiger partial charge in [-0.1, -0.05) is 15.9 Å². The number of Topliss-reactive ketones (excluding diaryl/α,β-unsaturated/α-hetero) is 1. The zero-order valence-electron chi connectivity index (χ0n) is 7.80. The topological polar surface area (TPSA) is 46.2 Å². The Hall–Kier alpha value is -0.0300. The van der Waals surface area contributed by atoms with E-state index in [1.165, 1.54) is 6.92 Å². The molecule has 0 spiro atoms. The van der Waals surface area contributed by atoms with Gasteiger partial charge in [0.05, 0.1) is 11.4 Å². The van der Waals surface area contributed by atoms with Crippen molar-refractivity contribution in [3.05, 3.63) is 0 Å². The van der Waals surface area contributed by atoms with Gasteiger partial charge in [-0.3, -0.25) is 9.59 Å². The summed E-state index contributed by atoms with van der Waals surface area (Å²) in [5, 5.41) is 2.93. The van der Waals surface area contributed by atoms with E-state index >= 15 is 0 Å². The molecule has 13 heavy (non-hydrogen) atoms. The highest BCUT2D eigenvalue weighted by molar-refractivity contribution is 9.09. The number of alkyl halides is 1. The van der Waals surface area contributed by atoms with Gasteiger partial charge in [0.15, 0.2) is 5.78 Å². The smallest absolute Gasteiger partial charge is 0.217 e. The minimum Gasteiger partial charge on any atom is -0.346 e. The molecule has 0 fully saturated rings. The molecule has 0 radical (unpaired) electrons. The van der Waals surface area contributed by atoms with Crippen molar-refractivity contribution >= 4 is 39.4 Å². The summed E-state index contributed by atoms with van der Waals surface area (Å²) in [6.45, 7) is 1.42. The summed E-state index contributed by atoms with van der Waals surface area (Å²) in [4.78, 5) is 22.0. The van der Waals surface area contributed by atoms with Crippen LogP contribution in [0.5, 0.6) is 0 Å². The molecule has 0 saturated carbocycles. The quantitative estimate of drug-likeness (QED) is 0.736. The lowest BCUT2D eigenvalue weighted by Crippen LogP contribution is -2.40. The van der Waals surface area contributed by atoms with E-state index in [1.807, 2.05) is 6.26 Å². The van der Waals surface area contributed by atoms with E-state index in [1.54, 1.807) is 11.8 Å². The van der Waals surface area contributed by atoms with Crippen molar-refractivity contribution in [3.8, 4) is 0 Å². The molecular weight excluding hydrogens is 254 g/mol. The first-order valence-electron chi connectivity index (χ1n) is 3.96. The summed E-state index contributed by atoms with van der Waals surface area (Å²) < 4.78 is 0. The fourth-order valence-electron chi connectivity index (χ4n) is 0.888. The summed E-state index contributed by atoms with van der Waals surface area (Å²) in [6, 6.07) is -0.329. The van der Waals surface area contributed by atoms with Crippen molar-refractivity contribution in [3.63, 3.8) is 0 Å². The summed E-state index contributed by atoms with van der Waals surface area (Å²) in [5.41, 5.74) is 0. The van der Waals surface area contributed by atoms with Crippen LogP contribution in [0, 0.1) is 0 Å². The lowest BCUT2D eigenvalue weighted by atomic mass is 10.1. The fourth-order valence-corrected chi connectivity index (χ4v) is 1.75. The molecule has 1 N–H and O–H groups in total. The van der Waals surface area contributed by atoms with Gasteiger partial charge in [0.2, 0.25) is 5.91 Å². The van der Waals surface area contributed by atoms with Gasteiger partial charge in [-0.05, 0) is 18.4 Å². The van der Waals surface area contributed by atoms with Crippen LogP contribution in [-0.2, 0) is 9.59 Å². The number of carbonyl (C=O) groups is 2. The Kier molecular flexibility index (Phi) is 7.36. The average Bonchev–Trinajstić information content (AvgIpc) is 2.10. The molecule has 1 amide bonds. The molecule has 0 aromatic carbocycles. The van der Waals surface area contributed by atoms with E-state index < -0.39 is 0 Å². The van der Waals surface area contributed by atoms with Crippen LogP contribution in [0.25, 0.3) is 0 Å². The Morgan fingerprint density at radius 2 is 2.15 bits per heavy atom. The third-order valence-electron chi connectivity index (χ3n) is 1.51. The zero-order chi connectivity index (χ0) is 10.3. The first kappa shape index (κ1) is 13.0. The summed E-state index contributed by atoms with van der Waals surface area (Å²) in [5.74, 6) is 0.758. The monoisotopic (exact) mass is 267 g/mol. The largest absolute Gasteiger partial charge is 0.346 e. The number of hydrogen-bond acceptors (Lipinski definition) is 3. The van der Waals surface area contributed by atoms with Gasteiger partial charge in [-0.15, -0.1) is 0 Å². The fraction of sp³-hybridized carbons (Fsp3) is 0.750. The molecule has 1 atom stereocenters. The second-order valence-corrected chi connectivity index (χ2v) is 4.18. The molecule has 0 aliphatic rings. The van der Waals surface area contributed by atoms with Crippen LogP contribution in [0.3, 0.4) is 0 Å². The third kappa shape index (κ3) is 6.10. The second kappa shape index (κ2) is 7.38. The summed E-state index contributed by atoms with van der Waals surface area (Å²) in [7, 11) is 0. The highest BCUT2D eigenvalue weighted by Crippen LogP contribution is 2.03. The standard InChI is InChI=1S/C8H14BrNO2S/c1-6(11)10-7(3-4-13-2)8(12)5-9/h7H,3-5H2,1-2H3,(H,10,11). The first-order valence-corrected chi connectivity index (χ1v) is 6.48. The molecule has 0 bridgehead atoms. The van der Waals surface area contributed by atoms with E-state index in [4.69, 9.17) is 0 Å². The van der Waals surface area contributed by atoms with Crippen LogP contribution in [0.2, 0.25) is 0 Å². The predicted molar refractivity (Wildman–Crippen MR) is 59.4 cm³/mol. The number of hydrogen-bond donors (Lipinski definition) is 1. The Morgan fingerprint density at radius 3 is 2.54 bits per heavy atom. The Bertz CT molecular complexity index is 187. The molecule has 3 nitrogen and oxygen atoms in total. The molecular formula is C8H14BrNO2S. The van der Waals surface area contributed by atoms with E-state index in [9.17, 15) is 9.59 Å². The number of carbonyl (C=O) groups excluding carboxylic acids is 2. The van der Waals surface area contributed by atoms with E-state index in [0.717, 1.165) is 5.75 Å². The average molecular weight is 268 g/mol. The van der Waals surface area contributed by atoms with E-state index in [2.05, 4.69) is 21.2 Å². The van der Waals surface area contributed by atoms with Crippen molar-refractivity contribution in [2.24, 2.45) is 0 Å². The van der Waals surface area contributed by atoms with Gasteiger partial charge in [0, 0.05) is 6.92 Å². The van der Waals surface area contributed by atoms with Crippen LogP contribution in [0.4, 0.5) is 0 Å². The van der Waals surface area contributed by atoms with Gasteiger partial charge in [-0.25, -0.2) is 0 Å². The Balaban J connectivity index is 4.02. The lowest BCUT2D eigenvalue weighted by molar-refractivity contribution is -0.125. The van der Waals surface area contributed by atoms with Crippen LogP contribution >= 0.6 is 27.7 Å². The maximum atomic E-state index is 11.3.